The van der Waals surface area contributed by atoms with Crippen molar-refractivity contribution in [1.82, 2.24) is 24.8 Å². The Kier molecular flexibility index (Phi) is 6.94. The first kappa shape index (κ1) is 22.1. The molecule has 2 aliphatic heterocycles. The van der Waals surface area contributed by atoms with E-state index in [0.717, 1.165) is 54.9 Å². The molecular formula is C23H30N6O3. The molecule has 1 unspecified atom stereocenters. The van der Waals surface area contributed by atoms with Crippen LogP contribution in [0.1, 0.15) is 43.0 Å². The van der Waals surface area contributed by atoms with E-state index < -0.39 is 0 Å². The molecule has 0 spiro atoms. The second kappa shape index (κ2) is 10.0. The fourth-order valence-electron chi connectivity index (χ4n) is 4.37. The number of carbonyl (C=O) groups excluding carboxylic acids is 2. The zero-order valence-corrected chi connectivity index (χ0v) is 18.5. The van der Waals surface area contributed by atoms with Gasteiger partial charge < -0.3 is 20.3 Å². The number of hydrogen-bond acceptors (Lipinski definition) is 7. The van der Waals surface area contributed by atoms with E-state index in [9.17, 15) is 9.59 Å². The highest BCUT2D eigenvalue weighted by Crippen LogP contribution is 2.29. The summed E-state index contributed by atoms with van der Waals surface area (Å²) in [5.41, 5.74) is 9.38. The van der Waals surface area contributed by atoms with Crippen LogP contribution < -0.4 is 5.73 Å². The molecule has 4 heterocycles. The molecule has 2 aromatic rings. The largest absolute Gasteiger partial charge is 0.370 e. The van der Waals surface area contributed by atoms with E-state index in [0.29, 0.717) is 26.1 Å². The van der Waals surface area contributed by atoms with E-state index in [2.05, 4.69) is 16.0 Å². The van der Waals surface area contributed by atoms with E-state index in [1.165, 1.54) is 0 Å². The molecule has 2 aliphatic rings. The Morgan fingerprint density at radius 3 is 2.75 bits per heavy atom. The molecule has 2 saturated heterocycles. The number of ether oxygens (including phenoxy) is 1. The number of aromatic nitrogens is 3. The van der Waals surface area contributed by atoms with Gasteiger partial charge in [0.2, 0.25) is 17.8 Å². The van der Waals surface area contributed by atoms with Gasteiger partial charge in [0.25, 0.3) is 0 Å². The number of piperidine rings is 1. The Hall–Kier alpha value is -3.07. The predicted octanol–water partition coefficient (Wildman–Crippen LogP) is 1.77. The Bertz CT molecular complexity index is 965. The van der Waals surface area contributed by atoms with Crippen LogP contribution in [0, 0.1) is 6.92 Å². The van der Waals surface area contributed by atoms with Gasteiger partial charge in [-0.2, -0.15) is 0 Å². The molecular weight excluding hydrogens is 408 g/mol. The van der Waals surface area contributed by atoms with E-state index in [4.69, 9.17) is 15.5 Å². The molecule has 2 amide bonds. The number of rotatable bonds is 7. The van der Waals surface area contributed by atoms with Gasteiger partial charge in [-0.1, -0.05) is 0 Å². The molecule has 0 aromatic carbocycles. The highest BCUT2D eigenvalue weighted by Gasteiger charge is 2.26. The van der Waals surface area contributed by atoms with Crippen molar-refractivity contribution < 1.29 is 14.3 Å². The van der Waals surface area contributed by atoms with Crippen LogP contribution in [0.3, 0.4) is 0 Å². The Balaban J connectivity index is 1.34. The minimum Gasteiger partial charge on any atom is -0.370 e. The fraction of sp³-hybridized carbons (Fsp3) is 0.522. The third kappa shape index (κ3) is 5.40. The first-order valence-electron chi connectivity index (χ1n) is 11.2. The summed E-state index contributed by atoms with van der Waals surface area (Å²) < 4.78 is 5.58. The fourth-order valence-corrected chi connectivity index (χ4v) is 4.37. The summed E-state index contributed by atoms with van der Waals surface area (Å²) in [7, 11) is 0. The number of likely N-dealkylation sites (tertiary alicyclic amines) is 2. The summed E-state index contributed by atoms with van der Waals surface area (Å²) in [6.07, 6.45) is 6.86. The minimum absolute atomic E-state index is 0.0118. The topological polar surface area (TPSA) is 115 Å². The maximum Gasteiger partial charge on any atom is 0.248 e. The van der Waals surface area contributed by atoms with Crippen molar-refractivity contribution in [2.24, 2.45) is 0 Å². The molecule has 9 heteroatoms. The number of pyridine rings is 1. The van der Waals surface area contributed by atoms with Gasteiger partial charge in [-0.05, 0) is 43.9 Å². The summed E-state index contributed by atoms with van der Waals surface area (Å²) in [4.78, 5) is 40.9. The van der Waals surface area contributed by atoms with Crippen molar-refractivity contribution in [2.75, 3.05) is 45.1 Å². The van der Waals surface area contributed by atoms with Gasteiger partial charge in [0.05, 0.1) is 6.61 Å². The summed E-state index contributed by atoms with van der Waals surface area (Å²) in [5, 5.41) is 0. The van der Waals surface area contributed by atoms with Gasteiger partial charge in [-0.3, -0.25) is 14.6 Å². The molecule has 2 aromatic heterocycles. The van der Waals surface area contributed by atoms with Crippen LogP contribution in [-0.4, -0.2) is 76.0 Å². The summed E-state index contributed by atoms with van der Waals surface area (Å²) >= 11 is 0. The smallest absolute Gasteiger partial charge is 0.248 e. The molecule has 2 fully saturated rings. The molecule has 2 N–H and O–H groups in total. The summed E-state index contributed by atoms with van der Waals surface area (Å²) in [6.45, 7) is 5.10. The van der Waals surface area contributed by atoms with Crippen LogP contribution in [0.5, 0.6) is 0 Å². The van der Waals surface area contributed by atoms with E-state index in [1.54, 1.807) is 17.3 Å². The molecule has 0 saturated carbocycles. The van der Waals surface area contributed by atoms with Crippen LogP contribution in [0.25, 0.3) is 11.1 Å². The van der Waals surface area contributed by atoms with Crippen molar-refractivity contribution in [3.05, 3.63) is 35.9 Å². The highest BCUT2D eigenvalue weighted by molar-refractivity contribution is 5.78. The van der Waals surface area contributed by atoms with Crippen LogP contribution in [0.15, 0.2) is 24.5 Å². The molecule has 0 bridgehead atoms. The van der Waals surface area contributed by atoms with Crippen LogP contribution in [-0.2, 0) is 14.3 Å². The number of amides is 2. The Morgan fingerprint density at radius 2 is 2.00 bits per heavy atom. The van der Waals surface area contributed by atoms with Gasteiger partial charge in [0, 0.05) is 67.9 Å². The highest BCUT2D eigenvalue weighted by atomic mass is 16.5. The van der Waals surface area contributed by atoms with Crippen molar-refractivity contribution in [3.63, 3.8) is 0 Å². The molecule has 4 rings (SSSR count). The number of nitrogens with two attached hydrogens (primary N) is 1. The van der Waals surface area contributed by atoms with Gasteiger partial charge in [-0.15, -0.1) is 0 Å². The average molecular weight is 439 g/mol. The maximum absolute atomic E-state index is 12.7. The van der Waals surface area contributed by atoms with E-state index in [-0.39, 0.29) is 30.3 Å². The second-order valence-electron chi connectivity index (χ2n) is 8.47. The van der Waals surface area contributed by atoms with Crippen molar-refractivity contribution in [1.29, 1.82) is 0 Å². The molecule has 0 radical (unpaired) electrons. The van der Waals surface area contributed by atoms with Crippen LogP contribution >= 0.6 is 0 Å². The third-order valence-corrected chi connectivity index (χ3v) is 6.07. The number of aryl methyl sites for hydroxylation is 1. The van der Waals surface area contributed by atoms with E-state index >= 15 is 0 Å². The monoisotopic (exact) mass is 438 g/mol. The Morgan fingerprint density at radius 1 is 1.19 bits per heavy atom. The van der Waals surface area contributed by atoms with Crippen LogP contribution in [0.2, 0.25) is 0 Å². The van der Waals surface area contributed by atoms with Crippen molar-refractivity contribution in [2.45, 2.75) is 38.5 Å². The van der Waals surface area contributed by atoms with Gasteiger partial charge in [0.1, 0.15) is 6.61 Å². The lowest BCUT2D eigenvalue weighted by molar-refractivity contribution is -0.137. The number of carbonyl (C=O) groups is 2. The molecule has 0 aliphatic carbocycles. The zero-order chi connectivity index (χ0) is 22.5. The van der Waals surface area contributed by atoms with E-state index in [1.807, 2.05) is 17.9 Å². The molecule has 1 atom stereocenters. The number of hydrogen-bond donors (Lipinski definition) is 1. The van der Waals surface area contributed by atoms with Crippen molar-refractivity contribution >= 4 is 17.8 Å². The average Bonchev–Trinajstić information content (AvgIpc) is 3.21. The number of nitrogen functional groups attached to an aromatic ring is 1. The molecule has 32 heavy (non-hydrogen) atoms. The quantitative estimate of drug-likeness (QED) is 0.655. The minimum atomic E-state index is -0.0118. The molecule has 170 valence electrons. The first-order chi connectivity index (χ1) is 15.5. The predicted molar refractivity (Wildman–Crippen MR) is 120 cm³/mol. The molecule has 9 nitrogen and oxygen atoms in total. The summed E-state index contributed by atoms with van der Waals surface area (Å²) in [6, 6.07) is 4.06. The third-order valence-electron chi connectivity index (χ3n) is 6.07. The summed E-state index contributed by atoms with van der Waals surface area (Å²) in [5.74, 6) is 0.579. The maximum atomic E-state index is 12.7. The van der Waals surface area contributed by atoms with Crippen molar-refractivity contribution in [3.8, 4) is 11.1 Å². The SMILES string of the molecule is Cc1cc(-c2cnc(N)nc2)cc(C2CCCN(C(=O)COCCN3CCCC3=O)C2)n1. The number of nitrogens with zero attached hydrogens (tertiary/aromatic N) is 5. The van der Waals surface area contributed by atoms with Crippen LogP contribution in [0.4, 0.5) is 5.95 Å². The zero-order valence-electron chi connectivity index (χ0n) is 18.5. The number of anilines is 1. The standard InChI is InChI=1S/C23H30N6O3/c1-16-10-18(19-12-25-23(24)26-13-19)11-20(27-16)17-4-2-7-29(14-17)22(31)15-32-9-8-28-6-3-5-21(28)30/h10-13,17H,2-9,14-15H2,1H3,(H2,24,25,26). The lowest BCUT2D eigenvalue weighted by atomic mass is 9.92. The normalized spacial score (nSPS) is 18.9. The van der Waals surface area contributed by atoms with Gasteiger partial charge >= 0.3 is 0 Å². The Labute approximate surface area is 188 Å². The lowest BCUT2D eigenvalue weighted by Crippen LogP contribution is -2.41. The second-order valence-corrected chi connectivity index (χ2v) is 8.47. The first-order valence-corrected chi connectivity index (χ1v) is 11.2. The lowest BCUT2D eigenvalue weighted by Gasteiger charge is -2.32. The van der Waals surface area contributed by atoms with Gasteiger partial charge in [0.15, 0.2) is 0 Å². The van der Waals surface area contributed by atoms with Gasteiger partial charge in [-0.25, -0.2) is 9.97 Å².